The van der Waals surface area contributed by atoms with Crippen molar-refractivity contribution in [2.45, 2.75) is 13.1 Å². The van der Waals surface area contributed by atoms with Crippen molar-refractivity contribution in [3.8, 4) is 10.8 Å². The Hall–Kier alpha value is -2.22. The number of nitrogens with zero attached hydrogens (tertiary/aromatic N) is 5. The maximum absolute atomic E-state index is 11.6. The van der Waals surface area contributed by atoms with E-state index in [1.165, 1.54) is 22.3 Å². The van der Waals surface area contributed by atoms with Crippen molar-refractivity contribution in [1.82, 2.24) is 24.5 Å². The van der Waals surface area contributed by atoms with E-state index in [1.807, 2.05) is 17.5 Å². The average Bonchev–Trinajstić information content (AvgIpc) is 3.09. The summed E-state index contributed by atoms with van der Waals surface area (Å²) in [5.74, 6) is -0.105. The van der Waals surface area contributed by atoms with E-state index in [1.54, 1.807) is 11.0 Å². The van der Waals surface area contributed by atoms with Crippen molar-refractivity contribution in [2.24, 2.45) is 0 Å². The molecule has 7 nitrogen and oxygen atoms in total. The first kappa shape index (κ1) is 10.9. The largest absolute Gasteiger partial charge is 0.437 e. The lowest BCUT2D eigenvalue weighted by atomic mass is 10.5. The molecule has 0 amide bonds. The molecule has 0 bridgehead atoms. The van der Waals surface area contributed by atoms with Gasteiger partial charge < -0.3 is 4.42 Å². The third kappa shape index (κ3) is 2.09. The van der Waals surface area contributed by atoms with Gasteiger partial charge in [0.2, 0.25) is 0 Å². The van der Waals surface area contributed by atoms with E-state index in [4.69, 9.17) is 4.42 Å². The molecule has 3 rings (SSSR count). The third-order valence-electron chi connectivity index (χ3n) is 2.35. The van der Waals surface area contributed by atoms with Gasteiger partial charge in [-0.25, -0.2) is 9.78 Å². The molecule has 3 heterocycles. The average molecular weight is 263 g/mol. The van der Waals surface area contributed by atoms with Gasteiger partial charge in [0, 0.05) is 0 Å². The molecule has 0 saturated heterocycles. The molecule has 0 aliphatic carbocycles. The van der Waals surface area contributed by atoms with Crippen LogP contribution in [-0.4, -0.2) is 24.5 Å². The maximum Gasteiger partial charge on any atom is 0.437 e. The van der Waals surface area contributed by atoms with E-state index >= 15 is 0 Å². The molecule has 0 saturated carbocycles. The topological polar surface area (TPSA) is 78.7 Å². The lowest BCUT2D eigenvalue weighted by Gasteiger charge is -1.97. The summed E-state index contributed by atoms with van der Waals surface area (Å²) >= 11 is 1.48. The fraction of sp³-hybridized carbons (Fsp3) is 0.200. The Labute approximate surface area is 105 Å². The highest BCUT2D eigenvalue weighted by molar-refractivity contribution is 7.13. The highest BCUT2D eigenvalue weighted by atomic mass is 32.1. The predicted molar refractivity (Wildman–Crippen MR) is 64.1 cm³/mol. The summed E-state index contributed by atoms with van der Waals surface area (Å²) in [6, 6.07) is 3.74. The summed E-state index contributed by atoms with van der Waals surface area (Å²) in [4.78, 5) is 16.3. The van der Waals surface area contributed by atoms with Crippen molar-refractivity contribution in [3.63, 3.8) is 0 Å². The monoisotopic (exact) mass is 263 g/mol. The first-order valence-corrected chi connectivity index (χ1v) is 6.15. The Morgan fingerprint density at radius 2 is 2.33 bits per heavy atom. The van der Waals surface area contributed by atoms with Gasteiger partial charge in [0.15, 0.2) is 0 Å². The molecule has 0 aliphatic rings. The van der Waals surface area contributed by atoms with Crippen molar-refractivity contribution in [3.05, 3.63) is 40.7 Å². The Kier molecular flexibility index (Phi) is 2.77. The van der Waals surface area contributed by atoms with Crippen molar-refractivity contribution < 1.29 is 4.42 Å². The summed E-state index contributed by atoms with van der Waals surface area (Å²) in [7, 11) is 0. The SMILES string of the molecule is O=c1oc(-c2cccs2)nn1CCn1cncn1. The van der Waals surface area contributed by atoms with E-state index in [2.05, 4.69) is 15.2 Å². The van der Waals surface area contributed by atoms with Gasteiger partial charge in [-0.3, -0.25) is 4.68 Å². The van der Waals surface area contributed by atoms with Gasteiger partial charge >= 0.3 is 5.76 Å². The predicted octanol–water partition coefficient (Wildman–Crippen LogP) is 0.856. The summed E-state index contributed by atoms with van der Waals surface area (Å²) < 4.78 is 8.01. The zero-order valence-corrected chi connectivity index (χ0v) is 10.1. The van der Waals surface area contributed by atoms with E-state index in [9.17, 15) is 4.79 Å². The van der Waals surface area contributed by atoms with Crippen LogP contribution >= 0.6 is 11.3 Å². The van der Waals surface area contributed by atoms with Crippen LogP contribution in [-0.2, 0) is 13.1 Å². The van der Waals surface area contributed by atoms with Crippen LogP contribution in [0.3, 0.4) is 0 Å². The quantitative estimate of drug-likeness (QED) is 0.697. The molecule has 0 unspecified atom stereocenters. The minimum atomic E-state index is -0.460. The number of aromatic nitrogens is 5. The fourth-order valence-electron chi connectivity index (χ4n) is 1.49. The molecule has 8 heteroatoms. The minimum absolute atomic E-state index is 0.355. The van der Waals surface area contributed by atoms with Crippen LogP contribution in [0.15, 0.2) is 39.4 Å². The Bertz CT molecular complexity index is 668. The third-order valence-corrected chi connectivity index (χ3v) is 3.20. The van der Waals surface area contributed by atoms with Gasteiger partial charge in [-0.1, -0.05) is 6.07 Å². The maximum atomic E-state index is 11.6. The molecule has 18 heavy (non-hydrogen) atoms. The second-order valence-electron chi connectivity index (χ2n) is 3.53. The standard InChI is InChI=1S/C10H9N5O2S/c16-10-15(4-3-14-7-11-6-12-14)13-9(17-10)8-2-1-5-18-8/h1-2,5-7H,3-4H2. The van der Waals surface area contributed by atoms with Crippen LogP contribution in [0.25, 0.3) is 10.8 Å². The summed E-state index contributed by atoms with van der Waals surface area (Å²) in [6.07, 6.45) is 3.04. The smallest absolute Gasteiger partial charge is 0.387 e. The number of thiophene rings is 1. The van der Waals surface area contributed by atoms with E-state index in [0.717, 1.165) is 4.88 Å². The van der Waals surface area contributed by atoms with Gasteiger partial charge in [0.05, 0.1) is 18.0 Å². The Balaban J connectivity index is 1.79. The van der Waals surface area contributed by atoms with Crippen molar-refractivity contribution in [2.75, 3.05) is 0 Å². The molecule has 92 valence electrons. The molecule has 0 aliphatic heterocycles. The molecular weight excluding hydrogens is 254 g/mol. The zero-order valence-electron chi connectivity index (χ0n) is 9.26. The Morgan fingerprint density at radius 1 is 1.39 bits per heavy atom. The van der Waals surface area contributed by atoms with Crippen molar-refractivity contribution >= 4 is 11.3 Å². The van der Waals surface area contributed by atoms with Gasteiger partial charge in [0.1, 0.15) is 12.7 Å². The molecular formula is C10H9N5O2S. The van der Waals surface area contributed by atoms with Crippen LogP contribution in [0.1, 0.15) is 0 Å². The van der Waals surface area contributed by atoms with Crippen molar-refractivity contribution in [1.29, 1.82) is 0 Å². The lowest BCUT2D eigenvalue weighted by Crippen LogP contribution is -2.19. The molecule has 0 fully saturated rings. The second-order valence-corrected chi connectivity index (χ2v) is 4.48. The minimum Gasteiger partial charge on any atom is -0.387 e. The normalized spacial score (nSPS) is 10.9. The number of rotatable bonds is 4. The second kappa shape index (κ2) is 4.57. The number of hydrogen-bond acceptors (Lipinski definition) is 6. The molecule has 0 spiro atoms. The van der Waals surface area contributed by atoms with Gasteiger partial charge in [-0.05, 0) is 11.4 Å². The summed E-state index contributed by atoms with van der Waals surface area (Å²) in [5, 5.41) is 10.00. The molecule has 3 aromatic heterocycles. The summed E-state index contributed by atoms with van der Waals surface area (Å²) in [6.45, 7) is 0.924. The molecule has 0 atom stereocenters. The molecule has 3 aromatic rings. The highest BCUT2D eigenvalue weighted by Crippen LogP contribution is 2.20. The van der Waals surface area contributed by atoms with Crippen LogP contribution in [0.2, 0.25) is 0 Å². The van der Waals surface area contributed by atoms with Gasteiger partial charge in [-0.15, -0.1) is 16.4 Å². The zero-order chi connectivity index (χ0) is 12.4. The van der Waals surface area contributed by atoms with E-state index in [0.29, 0.717) is 19.0 Å². The van der Waals surface area contributed by atoms with Crippen LogP contribution in [0.5, 0.6) is 0 Å². The van der Waals surface area contributed by atoms with Gasteiger partial charge in [-0.2, -0.15) is 9.78 Å². The van der Waals surface area contributed by atoms with E-state index in [-0.39, 0.29) is 0 Å². The number of aryl methyl sites for hydroxylation is 2. The molecule has 0 aromatic carbocycles. The first-order valence-electron chi connectivity index (χ1n) is 5.27. The summed E-state index contributed by atoms with van der Waals surface area (Å²) in [5.41, 5.74) is 0. The van der Waals surface area contributed by atoms with Crippen LogP contribution in [0, 0.1) is 0 Å². The van der Waals surface area contributed by atoms with Crippen LogP contribution < -0.4 is 5.76 Å². The molecule has 0 N–H and O–H groups in total. The first-order chi connectivity index (χ1) is 8.83. The Morgan fingerprint density at radius 3 is 3.06 bits per heavy atom. The van der Waals surface area contributed by atoms with E-state index < -0.39 is 5.76 Å². The van der Waals surface area contributed by atoms with Gasteiger partial charge in [0.25, 0.3) is 5.89 Å². The lowest BCUT2D eigenvalue weighted by molar-refractivity contribution is 0.446. The molecule has 0 radical (unpaired) electrons. The fourth-order valence-corrected chi connectivity index (χ4v) is 2.14. The number of hydrogen-bond donors (Lipinski definition) is 0. The highest BCUT2D eigenvalue weighted by Gasteiger charge is 2.10. The van der Waals surface area contributed by atoms with Crippen LogP contribution in [0.4, 0.5) is 0 Å².